The molecule has 1 amide bonds. The number of aliphatic imine (C=N–C) groups is 1. The number of furan rings is 1. The highest BCUT2D eigenvalue weighted by molar-refractivity contribution is 9.10. The van der Waals surface area contributed by atoms with Crippen LogP contribution >= 0.6 is 27.7 Å². The Kier molecular flexibility index (Phi) is 5.79. The van der Waals surface area contributed by atoms with Gasteiger partial charge >= 0.3 is 0 Å². The van der Waals surface area contributed by atoms with E-state index in [0.717, 1.165) is 21.3 Å². The highest BCUT2D eigenvalue weighted by Gasteiger charge is 2.24. The lowest BCUT2D eigenvalue weighted by Gasteiger charge is -2.04. The van der Waals surface area contributed by atoms with E-state index in [1.165, 1.54) is 23.9 Å². The molecule has 1 fully saturated rings. The fraction of sp³-hybridized carbons (Fsp3) is 0.0909. The Hall–Kier alpha value is -3.17. The summed E-state index contributed by atoms with van der Waals surface area (Å²) in [5, 5.41) is 14.1. The Labute approximate surface area is 190 Å². The van der Waals surface area contributed by atoms with Gasteiger partial charge in [0.15, 0.2) is 5.17 Å². The summed E-state index contributed by atoms with van der Waals surface area (Å²) in [6.07, 6.45) is 1.65. The van der Waals surface area contributed by atoms with E-state index in [-0.39, 0.29) is 11.6 Å². The van der Waals surface area contributed by atoms with Crippen LogP contribution in [-0.4, -0.2) is 16.0 Å². The maximum atomic E-state index is 12.4. The lowest BCUT2D eigenvalue weighted by atomic mass is 10.1. The summed E-state index contributed by atoms with van der Waals surface area (Å²) >= 11 is 4.78. The van der Waals surface area contributed by atoms with Crippen LogP contribution in [0.15, 0.2) is 67.3 Å². The smallest absolute Gasteiger partial charge is 0.269 e. The average molecular weight is 498 g/mol. The topological polar surface area (TPSA) is 97.7 Å². The van der Waals surface area contributed by atoms with Crippen molar-refractivity contribution < 1.29 is 14.1 Å². The Balaban J connectivity index is 1.53. The van der Waals surface area contributed by atoms with E-state index in [2.05, 4.69) is 26.2 Å². The number of benzene rings is 2. The molecule has 1 aliphatic heterocycles. The summed E-state index contributed by atoms with van der Waals surface area (Å²) in [6.45, 7) is 3.98. The van der Waals surface area contributed by atoms with Gasteiger partial charge in [0.2, 0.25) is 0 Å². The van der Waals surface area contributed by atoms with Crippen LogP contribution < -0.4 is 5.32 Å². The minimum Gasteiger partial charge on any atom is -0.457 e. The molecule has 1 saturated heterocycles. The number of hydrogen-bond acceptors (Lipinski definition) is 6. The molecule has 0 aliphatic carbocycles. The van der Waals surface area contributed by atoms with E-state index < -0.39 is 4.92 Å². The van der Waals surface area contributed by atoms with E-state index in [4.69, 9.17) is 4.42 Å². The molecule has 0 radical (unpaired) electrons. The molecule has 0 bridgehead atoms. The zero-order valence-electron chi connectivity index (χ0n) is 16.5. The van der Waals surface area contributed by atoms with E-state index >= 15 is 0 Å². The normalized spacial score (nSPS) is 16.2. The first-order chi connectivity index (χ1) is 14.8. The van der Waals surface area contributed by atoms with Crippen molar-refractivity contribution in [3.8, 4) is 11.3 Å². The van der Waals surface area contributed by atoms with Gasteiger partial charge in [0.05, 0.1) is 15.5 Å². The number of halogens is 1. The number of non-ortho nitro benzene ring substituents is 1. The Bertz CT molecular complexity index is 1240. The van der Waals surface area contributed by atoms with Crippen LogP contribution in [0.1, 0.15) is 16.9 Å². The predicted molar refractivity (Wildman–Crippen MR) is 125 cm³/mol. The number of amides is 1. The fourth-order valence-electron chi connectivity index (χ4n) is 3.05. The van der Waals surface area contributed by atoms with Crippen molar-refractivity contribution in [1.29, 1.82) is 0 Å². The average Bonchev–Trinajstić information content (AvgIpc) is 3.33. The maximum absolute atomic E-state index is 12.4. The molecule has 1 aromatic heterocycles. The maximum Gasteiger partial charge on any atom is 0.269 e. The second-order valence-electron chi connectivity index (χ2n) is 6.88. The summed E-state index contributed by atoms with van der Waals surface area (Å²) < 4.78 is 6.84. The zero-order chi connectivity index (χ0) is 22.1. The van der Waals surface area contributed by atoms with Gasteiger partial charge in [-0.25, -0.2) is 4.99 Å². The molecule has 0 spiro atoms. The largest absolute Gasteiger partial charge is 0.457 e. The number of amidine groups is 1. The number of nitro benzene ring substituents is 1. The molecule has 0 unspecified atom stereocenters. The van der Waals surface area contributed by atoms with Crippen molar-refractivity contribution in [1.82, 2.24) is 5.32 Å². The molecule has 156 valence electrons. The third-order valence-corrected chi connectivity index (χ3v) is 6.73. The Morgan fingerprint density at radius 3 is 2.45 bits per heavy atom. The van der Waals surface area contributed by atoms with Crippen LogP contribution in [0, 0.1) is 24.0 Å². The molecule has 0 saturated carbocycles. The first kappa shape index (κ1) is 21.1. The van der Waals surface area contributed by atoms with Crippen LogP contribution in [0.25, 0.3) is 17.4 Å². The molecule has 1 N–H and O–H groups in total. The van der Waals surface area contributed by atoms with Crippen molar-refractivity contribution in [2.75, 3.05) is 0 Å². The van der Waals surface area contributed by atoms with Gasteiger partial charge in [-0.1, -0.05) is 15.9 Å². The van der Waals surface area contributed by atoms with E-state index in [9.17, 15) is 14.9 Å². The lowest BCUT2D eigenvalue weighted by molar-refractivity contribution is -0.384. The lowest BCUT2D eigenvalue weighted by Crippen LogP contribution is -2.19. The molecule has 0 atom stereocenters. The molecular weight excluding hydrogens is 482 g/mol. The van der Waals surface area contributed by atoms with Gasteiger partial charge in [-0.05, 0) is 73.1 Å². The number of carbonyl (C=O) groups is 1. The number of carbonyl (C=O) groups excluding carboxylic acids is 1. The minimum atomic E-state index is -0.451. The highest BCUT2D eigenvalue weighted by atomic mass is 79.9. The highest BCUT2D eigenvalue weighted by Crippen LogP contribution is 2.32. The number of nitro groups is 1. The quantitative estimate of drug-likeness (QED) is 0.265. The van der Waals surface area contributed by atoms with E-state index in [1.807, 2.05) is 26.0 Å². The third kappa shape index (κ3) is 4.62. The third-order valence-electron chi connectivity index (χ3n) is 4.57. The fourth-order valence-corrected chi connectivity index (χ4v) is 4.10. The molecular formula is C22H16BrN3O4S. The van der Waals surface area contributed by atoms with Crippen LogP contribution in [0.4, 0.5) is 11.4 Å². The van der Waals surface area contributed by atoms with Gasteiger partial charge in [-0.15, -0.1) is 0 Å². The number of hydrogen-bond donors (Lipinski definition) is 1. The van der Waals surface area contributed by atoms with E-state index in [0.29, 0.717) is 27.2 Å². The van der Waals surface area contributed by atoms with Crippen LogP contribution in [0.2, 0.25) is 0 Å². The summed E-state index contributed by atoms with van der Waals surface area (Å²) in [7, 11) is 0. The molecule has 7 nitrogen and oxygen atoms in total. The Morgan fingerprint density at radius 2 is 1.81 bits per heavy atom. The molecule has 3 aromatic rings. The molecule has 4 rings (SSSR count). The second kappa shape index (κ2) is 8.52. The van der Waals surface area contributed by atoms with Gasteiger partial charge in [0.25, 0.3) is 11.6 Å². The number of thioether (sulfide) groups is 1. The summed E-state index contributed by atoms with van der Waals surface area (Å²) in [5.41, 5.74) is 3.62. The minimum absolute atomic E-state index is 0.0136. The van der Waals surface area contributed by atoms with Crippen molar-refractivity contribution in [3.05, 3.63) is 84.9 Å². The summed E-state index contributed by atoms with van der Waals surface area (Å²) in [4.78, 5) is 27.7. The van der Waals surface area contributed by atoms with Crippen molar-refractivity contribution >= 4 is 56.2 Å². The zero-order valence-corrected chi connectivity index (χ0v) is 18.9. The number of aryl methyl sites for hydroxylation is 2. The number of nitrogens with zero attached hydrogens (tertiary/aromatic N) is 2. The number of rotatable bonds is 4. The van der Waals surface area contributed by atoms with Gasteiger partial charge in [-0.3, -0.25) is 14.9 Å². The van der Waals surface area contributed by atoms with Gasteiger partial charge < -0.3 is 9.73 Å². The molecule has 1 aliphatic rings. The van der Waals surface area contributed by atoms with Gasteiger partial charge in [0, 0.05) is 28.2 Å². The van der Waals surface area contributed by atoms with Crippen molar-refractivity contribution in [2.45, 2.75) is 13.8 Å². The standard InChI is InChI=1S/C22H16BrN3O4S/c1-12-9-15(10-13(2)20(12)23)24-22-25-21(27)19(31-22)11-17-7-8-18(30-17)14-3-5-16(6-4-14)26(28)29/h3-11H,1-2H3,(H,24,25,27)/b19-11+. The van der Waals surface area contributed by atoms with Gasteiger partial charge in [-0.2, -0.15) is 0 Å². The van der Waals surface area contributed by atoms with Crippen molar-refractivity contribution in [3.63, 3.8) is 0 Å². The van der Waals surface area contributed by atoms with Crippen LogP contribution in [0.5, 0.6) is 0 Å². The SMILES string of the molecule is Cc1cc(N=C2NC(=O)/C(=C\c3ccc(-c4ccc([N+](=O)[O-])cc4)o3)S2)cc(C)c1Br. The van der Waals surface area contributed by atoms with Crippen LogP contribution in [-0.2, 0) is 4.79 Å². The van der Waals surface area contributed by atoms with Crippen LogP contribution in [0.3, 0.4) is 0 Å². The first-order valence-corrected chi connectivity index (χ1v) is 10.8. The second-order valence-corrected chi connectivity index (χ2v) is 8.70. The van der Waals surface area contributed by atoms with Crippen molar-refractivity contribution in [2.24, 2.45) is 4.99 Å². The first-order valence-electron chi connectivity index (χ1n) is 9.21. The molecule has 2 aromatic carbocycles. The summed E-state index contributed by atoms with van der Waals surface area (Å²) in [6, 6.07) is 13.5. The van der Waals surface area contributed by atoms with Gasteiger partial charge in [0.1, 0.15) is 11.5 Å². The number of nitrogens with one attached hydrogen (secondary N) is 1. The van der Waals surface area contributed by atoms with E-state index in [1.54, 1.807) is 30.3 Å². The summed E-state index contributed by atoms with van der Waals surface area (Å²) in [5.74, 6) is 0.810. The molecule has 31 heavy (non-hydrogen) atoms. The predicted octanol–water partition coefficient (Wildman–Crippen LogP) is 6.13. The molecule has 9 heteroatoms. The Morgan fingerprint density at radius 1 is 1.13 bits per heavy atom. The molecule has 2 heterocycles. The monoisotopic (exact) mass is 497 g/mol.